The van der Waals surface area contributed by atoms with Crippen LogP contribution < -0.4 is 0 Å². The van der Waals surface area contributed by atoms with Gasteiger partial charge < -0.3 is 0 Å². The van der Waals surface area contributed by atoms with E-state index in [0.717, 1.165) is 12.8 Å². The van der Waals surface area contributed by atoms with Crippen LogP contribution in [-0.4, -0.2) is 27.7 Å². The van der Waals surface area contributed by atoms with E-state index in [-0.39, 0.29) is 0 Å². The number of carbonyl (C=O) groups excluding carboxylic acids is 2. The van der Waals surface area contributed by atoms with Gasteiger partial charge in [-0.3, -0.25) is 9.59 Å². The van der Waals surface area contributed by atoms with Crippen LogP contribution in [0.1, 0.15) is 60.3 Å². The molecule has 0 aliphatic rings. The summed E-state index contributed by atoms with van der Waals surface area (Å²) in [7, 11) is 0. The molecular weight excluding hydrogens is 288 g/mol. The number of hydrogen-bond donors (Lipinski definition) is 0. The minimum atomic E-state index is 0.334. The van der Waals surface area contributed by atoms with E-state index in [2.05, 4.69) is 34.6 Å². The van der Waals surface area contributed by atoms with E-state index in [4.69, 9.17) is 0 Å². The fraction of sp³-hybridized carbons (Fsp3) is 0.875. The van der Waals surface area contributed by atoms with Gasteiger partial charge in [-0.2, -0.15) is 0 Å². The van der Waals surface area contributed by atoms with Crippen molar-refractivity contribution in [3.05, 3.63) is 0 Å². The third-order valence-electron chi connectivity index (χ3n) is 2.66. The first kappa shape index (κ1) is 20.0. The van der Waals surface area contributed by atoms with Gasteiger partial charge in [0.2, 0.25) is 0 Å². The summed E-state index contributed by atoms with van der Waals surface area (Å²) in [5.41, 5.74) is 0. The minimum absolute atomic E-state index is 0.334. The first-order chi connectivity index (χ1) is 9.35. The van der Waals surface area contributed by atoms with E-state index in [0.29, 0.717) is 52.3 Å². The van der Waals surface area contributed by atoms with Crippen molar-refractivity contribution in [1.29, 1.82) is 0 Å². The van der Waals surface area contributed by atoms with Gasteiger partial charge in [0.25, 0.3) is 0 Å². The maximum absolute atomic E-state index is 11.7. The molecule has 0 heterocycles. The normalized spacial score (nSPS) is 11.6. The summed E-state index contributed by atoms with van der Waals surface area (Å²) < 4.78 is 0.382. The molecule has 0 saturated heterocycles. The molecule has 0 unspecified atom stereocenters. The Morgan fingerprint density at radius 2 is 1.25 bits per heavy atom. The Morgan fingerprint density at radius 1 is 0.850 bits per heavy atom. The van der Waals surface area contributed by atoms with Crippen LogP contribution >= 0.6 is 23.5 Å². The molecule has 0 radical (unpaired) electrons. The molecule has 0 rings (SSSR count). The van der Waals surface area contributed by atoms with Crippen molar-refractivity contribution in [2.75, 3.05) is 11.5 Å². The van der Waals surface area contributed by atoms with Crippen LogP contribution in [0.5, 0.6) is 0 Å². The highest BCUT2D eigenvalue weighted by molar-refractivity contribution is 8.17. The van der Waals surface area contributed by atoms with Crippen LogP contribution in [0.4, 0.5) is 0 Å². The molecule has 0 aliphatic heterocycles. The fourth-order valence-electron chi connectivity index (χ4n) is 1.85. The average molecular weight is 319 g/mol. The van der Waals surface area contributed by atoms with Gasteiger partial charge in [-0.25, -0.2) is 0 Å². The molecule has 2 nitrogen and oxygen atoms in total. The maximum atomic E-state index is 11.7. The lowest BCUT2D eigenvalue weighted by molar-refractivity contribution is -0.118. The Hall–Kier alpha value is 0.0400. The molecule has 0 spiro atoms. The van der Waals surface area contributed by atoms with Crippen LogP contribution in [0.25, 0.3) is 0 Å². The second-order valence-corrected chi connectivity index (χ2v) is 8.79. The molecule has 4 heteroatoms. The third-order valence-corrected chi connectivity index (χ3v) is 5.67. The van der Waals surface area contributed by atoms with Crippen LogP contribution in [0, 0.1) is 11.8 Å². The van der Waals surface area contributed by atoms with Crippen molar-refractivity contribution >= 4 is 35.1 Å². The molecule has 0 N–H and O–H groups in total. The van der Waals surface area contributed by atoms with E-state index in [1.165, 1.54) is 0 Å². The monoisotopic (exact) mass is 318 g/mol. The second-order valence-electron chi connectivity index (χ2n) is 6.11. The highest BCUT2D eigenvalue weighted by Gasteiger charge is 2.15. The second kappa shape index (κ2) is 11.7. The zero-order valence-corrected chi connectivity index (χ0v) is 15.2. The Kier molecular flexibility index (Phi) is 11.7. The summed E-state index contributed by atoms with van der Waals surface area (Å²) >= 11 is 3.44. The van der Waals surface area contributed by atoms with Crippen LogP contribution in [0.3, 0.4) is 0 Å². The predicted octanol–water partition coefficient (Wildman–Crippen LogP) is 4.81. The SMILES string of the molecule is CCCC(SCC(=O)CC(C)C)SCC(=O)CC(C)C. The molecule has 0 atom stereocenters. The molecule has 0 bridgehead atoms. The average Bonchev–Trinajstić information content (AvgIpc) is 2.31. The Balaban J connectivity index is 4.03. The Bertz CT molecular complexity index is 262. The molecule has 0 aromatic carbocycles. The number of ketones is 2. The van der Waals surface area contributed by atoms with Gasteiger partial charge in [0.1, 0.15) is 11.6 Å². The molecule has 0 aromatic heterocycles. The predicted molar refractivity (Wildman–Crippen MR) is 92.5 cm³/mol. The van der Waals surface area contributed by atoms with E-state index in [9.17, 15) is 9.59 Å². The molecule has 0 aromatic rings. The van der Waals surface area contributed by atoms with Gasteiger partial charge in [0.15, 0.2) is 0 Å². The number of hydrogen-bond acceptors (Lipinski definition) is 4. The van der Waals surface area contributed by atoms with Crippen molar-refractivity contribution in [3.63, 3.8) is 0 Å². The van der Waals surface area contributed by atoms with Crippen LogP contribution in [0.15, 0.2) is 0 Å². The molecule has 0 saturated carbocycles. The first-order valence-corrected chi connectivity index (χ1v) is 9.71. The smallest absolute Gasteiger partial charge is 0.143 e. The molecule has 0 amide bonds. The van der Waals surface area contributed by atoms with Crippen molar-refractivity contribution in [3.8, 4) is 0 Å². The lowest BCUT2D eigenvalue weighted by Gasteiger charge is -2.15. The summed E-state index contributed by atoms with van der Waals surface area (Å²) in [5, 5.41) is 0. The van der Waals surface area contributed by atoms with Crippen LogP contribution in [0.2, 0.25) is 0 Å². The molecule has 0 fully saturated rings. The minimum Gasteiger partial charge on any atom is -0.299 e. The highest BCUT2D eigenvalue weighted by Crippen LogP contribution is 2.29. The van der Waals surface area contributed by atoms with E-state index in [1.807, 2.05) is 0 Å². The van der Waals surface area contributed by atoms with E-state index in [1.54, 1.807) is 23.5 Å². The topological polar surface area (TPSA) is 34.1 Å². The quantitative estimate of drug-likeness (QED) is 0.484. The lowest BCUT2D eigenvalue weighted by Crippen LogP contribution is -2.12. The molecule has 20 heavy (non-hydrogen) atoms. The Labute approximate surface area is 133 Å². The van der Waals surface area contributed by atoms with Gasteiger partial charge in [0.05, 0.1) is 16.1 Å². The largest absolute Gasteiger partial charge is 0.299 e. The number of thioether (sulfide) groups is 2. The zero-order chi connectivity index (χ0) is 15.5. The van der Waals surface area contributed by atoms with Gasteiger partial charge in [-0.05, 0) is 18.3 Å². The summed E-state index contributed by atoms with van der Waals surface area (Å²) in [4.78, 5) is 23.5. The summed E-state index contributed by atoms with van der Waals surface area (Å²) in [6.07, 6.45) is 3.51. The number of rotatable bonds is 12. The van der Waals surface area contributed by atoms with Crippen LogP contribution in [-0.2, 0) is 9.59 Å². The standard InChI is InChI=1S/C16H30O2S2/c1-6-7-16(19-10-14(17)8-12(2)3)20-11-15(18)9-13(4)5/h12-13,16H,6-11H2,1-5H3. The van der Waals surface area contributed by atoms with E-state index >= 15 is 0 Å². The van der Waals surface area contributed by atoms with Crippen molar-refractivity contribution in [1.82, 2.24) is 0 Å². The summed E-state index contributed by atoms with van der Waals surface area (Å²) in [6.45, 7) is 10.5. The first-order valence-electron chi connectivity index (χ1n) is 7.61. The summed E-state index contributed by atoms with van der Waals surface area (Å²) in [5.74, 6) is 2.73. The number of carbonyl (C=O) groups is 2. The van der Waals surface area contributed by atoms with Gasteiger partial charge in [0, 0.05) is 12.8 Å². The van der Waals surface area contributed by atoms with Gasteiger partial charge in [-0.1, -0.05) is 41.0 Å². The third kappa shape index (κ3) is 11.8. The highest BCUT2D eigenvalue weighted by atomic mass is 32.2. The van der Waals surface area contributed by atoms with Crippen molar-refractivity contribution in [2.24, 2.45) is 11.8 Å². The zero-order valence-electron chi connectivity index (χ0n) is 13.6. The molecule has 118 valence electrons. The molecule has 0 aliphatic carbocycles. The van der Waals surface area contributed by atoms with Crippen molar-refractivity contribution < 1.29 is 9.59 Å². The lowest BCUT2D eigenvalue weighted by atomic mass is 10.1. The fourth-order valence-corrected chi connectivity index (χ4v) is 4.43. The van der Waals surface area contributed by atoms with Gasteiger partial charge in [-0.15, -0.1) is 23.5 Å². The maximum Gasteiger partial charge on any atom is 0.143 e. The van der Waals surface area contributed by atoms with Crippen molar-refractivity contribution in [2.45, 2.75) is 64.9 Å². The van der Waals surface area contributed by atoms with Gasteiger partial charge >= 0.3 is 0 Å². The summed E-state index contributed by atoms with van der Waals surface area (Å²) in [6, 6.07) is 0. The molecular formula is C16H30O2S2. The number of Topliss-reactive ketones (excluding diaryl/α,β-unsaturated/α-hetero) is 2. The van der Waals surface area contributed by atoms with E-state index < -0.39 is 0 Å². The Morgan fingerprint density at radius 3 is 1.55 bits per heavy atom.